The van der Waals surface area contributed by atoms with Gasteiger partial charge in [0.05, 0.1) is 5.69 Å². The Hall–Kier alpha value is -1.32. The quantitative estimate of drug-likeness (QED) is 0.888. The Morgan fingerprint density at radius 3 is 2.45 bits per heavy atom. The molecule has 0 aromatic carbocycles. The molecule has 0 radical (unpaired) electrons. The number of nitrogens with one attached hydrogen (secondary N) is 1. The largest absolute Gasteiger partial charge is 0.370 e. The van der Waals surface area contributed by atoms with Crippen LogP contribution in [-0.4, -0.2) is 29.6 Å². The molecule has 0 spiro atoms. The number of aromatic nitrogens is 2. The monoisotopic (exact) mass is 276 g/mol. The first-order valence-electron chi connectivity index (χ1n) is 8.08. The molecule has 1 aliphatic rings. The van der Waals surface area contributed by atoms with E-state index in [2.05, 4.69) is 37.1 Å². The Labute approximate surface area is 123 Å². The summed E-state index contributed by atoms with van der Waals surface area (Å²) in [4.78, 5) is 11.9. The van der Waals surface area contributed by atoms with Crippen LogP contribution in [0.15, 0.2) is 6.07 Å². The molecule has 1 N–H and O–H groups in total. The molecule has 1 saturated heterocycles. The predicted octanol–water partition coefficient (Wildman–Crippen LogP) is 3.80. The SMILES string of the molecule is CCCNc1cc(C(C)C)nc(N2CCCCCC2)n1. The fourth-order valence-corrected chi connectivity index (χ4v) is 2.50. The van der Waals surface area contributed by atoms with E-state index in [1.54, 1.807) is 0 Å². The van der Waals surface area contributed by atoms with Crippen LogP contribution >= 0.6 is 0 Å². The fourth-order valence-electron chi connectivity index (χ4n) is 2.50. The van der Waals surface area contributed by atoms with E-state index in [1.807, 2.05) is 0 Å². The molecule has 0 amide bonds. The van der Waals surface area contributed by atoms with Gasteiger partial charge in [0.1, 0.15) is 5.82 Å². The Bertz CT molecular complexity index is 409. The van der Waals surface area contributed by atoms with Crippen LogP contribution in [0.3, 0.4) is 0 Å². The highest BCUT2D eigenvalue weighted by atomic mass is 15.3. The molecule has 1 aromatic heterocycles. The Morgan fingerprint density at radius 2 is 1.85 bits per heavy atom. The zero-order chi connectivity index (χ0) is 14.4. The van der Waals surface area contributed by atoms with Crippen molar-refractivity contribution in [3.8, 4) is 0 Å². The molecule has 0 saturated carbocycles. The topological polar surface area (TPSA) is 41.1 Å². The van der Waals surface area contributed by atoms with Gasteiger partial charge in [0.2, 0.25) is 5.95 Å². The second-order valence-electron chi connectivity index (χ2n) is 5.96. The summed E-state index contributed by atoms with van der Waals surface area (Å²) in [5, 5.41) is 3.41. The lowest BCUT2D eigenvalue weighted by Crippen LogP contribution is -2.26. The minimum absolute atomic E-state index is 0.436. The average molecular weight is 276 g/mol. The van der Waals surface area contributed by atoms with Gasteiger partial charge in [-0.3, -0.25) is 0 Å². The van der Waals surface area contributed by atoms with Crippen molar-refractivity contribution in [1.29, 1.82) is 0 Å². The highest BCUT2D eigenvalue weighted by Gasteiger charge is 2.15. The minimum atomic E-state index is 0.436. The van der Waals surface area contributed by atoms with Gasteiger partial charge in [0.25, 0.3) is 0 Å². The molecule has 20 heavy (non-hydrogen) atoms. The van der Waals surface area contributed by atoms with Crippen LogP contribution in [0.25, 0.3) is 0 Å². The van der Waals surface area contributed by atoms with E-state index < -0.39 is 0 Å². The van der Waals surface area contributed by atoms with Gasteiger partial charge in [-0.25, -0.2) is 4.98 Å². The molecule has 1 aromatic rings. The maximum Gasteiger partial charge on any atom is 0.227 e. The molecule has 2 heterocycles. The van der Waals surface area contributed by atoms with E-state index in [-0.39, 0.29) is 0 Å². The Morgan fingerprint density at radius 1 is 1.15 bits per heavy atom. The van der Waals surface area contributed by atoms with Crippen molar-refractivity contribution in [2.45, 2.75) is 58.8 Å². The van der Waals surface area contributed by atoms with Gasteiger partial charge in [-0.2, -0.15) is 4.98 Å². The van der Waals surface area contributed by atoms with Gasteiger partial charge < -0.3 is 10.2 Å². The molecule has 1 aliphatic heterocycles. The van der Waals surface area contributed by atoms with Crippen LogP contribution in [0, 0.1) is 0 Å². The van der Waals surface area contributed by atoms with Gasteiger partial charge in [-0.1, -0.05) is 33.6 Å². The molecular formula is C16H28N4. The standard InChI is InChI=1S/C16H28N4/c1-4-9-17-15-12-14(13(2)3)18-16(19-15)20-10-7-5-6-8-11-20/h12-13H,4-11H2,1-3H3,(H,17,18,19). The van der Waals surface area contributed by atoms with Crippen molar-refractivity contribution in [2.24, 2.45) is 0 Å². The molecule has 2 rings (SSSR count). The molecular weight excluding hydrogens is 248 g/mol. The van der Waals surface area contributed by atoms with Gasteiger partial charge >= 0.3 is 0 Å². The molecule has 0 aliphatic carbocycles. The summed E-state index contributed by atoms with van der Waals surface area (Å²) in [5.74, 6) is 2.33. The fraction of sp³-hybridized carbons (Fsp3) is 0.750. The van der Waals surface area contributed by atoms with E-state index in [1.165, 1.54) is 25.7 Å². The second kappa shape index (κ2) is 7.46. The Kier molecular flexibility index (Phi) is 5.62. The van der Waals surface area contributed by atoms with E-state index >= 15 is 0 Å². The molecule has 0 atom stereocenters. The summed E-state index contributed by atoms with van der Waals surface area (Å²) >= 11 is 0. The van der Waals surface area contributed by atoms with Gasteiger partial charge in [-0.15, -0.1) is 0 Å². The number of hydrogen-bond acceptors (Lipinski definition) is 4. The summed E-state index contributed by atoms with van der Waals surface area (Å²) < 4.78 is 0. The molecule has 112 valence electrons. The maximum absolute atomic E-state index is 4.78. The predicted molar refractivity (Wildman–Crippen MR) is 85.6 cm³/mol. The van der Waals surface area contributed by atoms with Gasteiger partial charge in [0.15, 0.2) is 0 Å². The molecule has 0 unspecified atom stereocenters. The first-order valence-corrected chi connectivity index (χ1v) is 8.08. The number of rotatable bonds is 5. The molecule has 0 bridgehead atoms. The van der Waals surface area contributed by atoms with E-state index in [9.17, 15) is 0 Å². The third-order valence-corrected chi connectivity index (χ3v) is 3.77. The van der Waals surface area contributed by atoms with Crippen molar-refractivity contribution in [1.82, 2.24) is 9.97 Å². The Balaban J connectivity index is 2.22. The van der Waals surface area contributed by atoms with Crippen LogP contribution in [0.5, 0.6) is 0 Å². The first-order chi connectivity index (χ1) is 9.70. The lowest BCUT2D eigenvalue weighted by molar-refractivity contribution is 0.726. The summed E-state index contributed by atoms with van der Waals surface area (Å²) in [5.41, 5.74) is 1.14. The third-order valence-electron chi connectivity index (χ3n) is 3.77. The van der Waals surface area contributed by atoms with Gasteiger partial charge in [0, 0.05) is 25.7 Å². The van der Waals surface area contributed by atoms with Crippen LogP contribution in [0.4, 0.5) is 11.8 Å². The third kappa shape index (κ3) is 4.09. The summed E-state index contributed by atoms with van der Waals surface area (Å²) in [6.45, 7) is 9.71. The highest BCUT2D eigenvalue weighted by Crippen LogP contribution is 2.22. The first kappa shape index (κ1) is 15.1. The van der Waals surface area contributed by atoms with Crippen molar-refractivity contribution in [3.05, 3.63) is 11.8 Å². The lowest BCUT2D eigenvalue weighted by Gasteiger charge is -2.22. The minimum Gasteiger partial charge on any atom is -0.370 e. The van der Waals surface area contributed by atoms with Crippen molar-refractivity contribution in [2.75, 3.05) is 29.9 Å². The summed E-state index contributed by atoms with van der Waals surface area (Å²) in [6, 6.07) is 2.10. The van der Waals surface area contributed by atoms with E-state index in [0.29, 0.717) is 5.92 Å². The highest BCUT2D eigenvalue weighted by molar-refractivity contribution is 5.44. The normalized spacial score (nSPS) is 16.3. The van der Waals surface area contributed by atoms with Crippen molar-refractivity contribution < 1.29 is 0 Å². The number of hydrogen-bond donors (Lipinski definition) is 1. The molecule has 1 fully saturated rings. The smallest absolute Gasteiger partial charge is 0.227 e. The molecule has 4 heteroatoms. The zero-order valence-electron chi connectivity index (χ0n) is 13.2. The van der Waals surface area contributed by atoms with Crippen LogP contribution < -0.4 is 10.2 Å². The van der Waals surface area contributed by atoms with Crippen molar-refractivity contribution >= 4 is 11.8 Å². The van der Waals surface area contributed by atoms with Crippen molar-refractivity contribution in [3.63, 3.8) is 0 Å². The van der Waals surface area contributed by atoms with Crippen LogP contribution in [0.1, 0.15) is 64.5 Å². The summed E-state index contributed by atoms with van der Waals surface area (Å²) in [7, 11) is 0. The number of anilines is 2. The van der Waals surface area contributed by atoms with Crippen LogP contribution in [0.2, 0.25) is 0 Å². The zero-order valence-corrected chi connectivity index (χ0v) is 13.2. The maximum atomic E-state index is 4.78. The van der Waals surface area contributed by atoms with E-state index in [4.69, 9.17) is 9.97 Å². The average Bonchev–Trinajstić information content (AvgIpc) is 2.73. The molecule has 4 nitrogen and oxygen atoms in total. The van der Waals surface area contributed by atoms with Crippen LogP contribution in [-0.2, 0) is 0 Å². The number of nitrogens with zero attached hydrogens (tertiary/aromatic N) is 3. The lowest BCUT2D eigenvalue weighted by atomic mass is 10.1. The van der Waals surface area contributed by atoms with E-state index in [0.717, 1.165) is 43.5 Å². The summed E-state index contributed by atoms with van der Waals surface area (Å²) in [6.07, 6.45) is 6.29. The second-order valence-corrected chi connectivity index (χ2v) is 5.96. The van der Waals surface area contributed by atoms with Gasteiger partial charge in [-0.05, 0) is 25.2 Å².